The van der Waals surface area contributed by atoms with Gasteiger partial charge in [-0.1, -0.05) is 35.9 Å². The molecule has 4 rings (SSSR count). The molecule has 0 aromatic heterocycles. The number of nitrogens with zero attached hydrogens (tertiary/aromatic N) is 3. The number of benzene rings is 2. The van der Waals surface area contributed by atoms with Crippen LogP contribution in [0.2, 0.25) is 5.02 Å². The number of hydrazone groups is 1. The minimum atomic E-state index is -0.917. The number of carbonyl (C=O) groups excluding carboxylic acids is 3. The van der Waals surface area contributed by atoms with Gasteiger partial charge in [-0.3, -0.25) is 19.4 Å². The van der Waals surface area contributed by atoms with Gasteiger partial charge in [0.05, 0.1) is 11.4 Å². The fraction of sp³-hybridized carbons (Fsp3) is 0.158. The number of para-hydroxylation sites is 1. The molecule has 0 saturated carbocycles. The van der Waals surface area contributed by atoms with E-state index in [9.17, 15) is 14.4 Å². The van der Waals surface area contributed by atoms with Crippen molar-refractivity contribution < 1.29 is 14.4 Å². The van der Waals surface area contributed by atoms with Crippen LogP contribution in [0.1, 0.15) is 6.92 Å². The van der Waals surface area contributed by atoms with Gasteiger partial charge in [-0.05, 0) is 30.3 Å². The van der Waals surface area contributed by atoms with E-state index in [1.165, 1.54) is 11.9 Å². The summed E-state index contributed by atoms with van der Waals surface area (Å²) in [5.74, 6) is -2.13. The Morgan fingerprint density at radius 2 is 1.69 bits per heavy atom. The molecule has 0 spiro atoms. The summed E-state index contributed by atoms with van der Waals surface area (Å²) in [4.78, 5) is 39.2. The molecule has 2 aromatic rings. The average molecular weight is 368 g/mol. The first-order valence-corrected chi connectivity index (χ1v) is 8.44. The van der Waals surface area contributed by atoms with Crippen molar-refractivity contribution in [3.63, 3.8) is 0 Å². The Kier molecular flexibility index (Phi) is 3.85. The summed E-state index contributed by atoms with van der Waals surface area (Å²) < 4.78 is 0. The molecule has 2 aliphatic rings. The lowest BCUT2D eigenvalue weighted by Gasteiger charge is -2.22. The first-order chi connectivity index (χ1) is 12.5. The van der Waals surface area contributed by atoms with Gasteiger partial charge in [0.25, 0.3) is 5.91 Å². The van der Waals surface area contributed by atoms with Gasteiger partial charge in [-0.15, -0.1) is 0 Å². The molecule has 0 unspecified atom stereocenters. The lowest BCUT2D eigenvalue weighted by molar-refractivity contribution is -0.122. The maximum absolute atomic E-state index is 13.1. The molecule has 2 aromatic carbocycles. The van der Waals surface area contributed by atoms with E-state index in [0.29, 0.717) is 16.4 Å². The van der Waals surface area contributed by atoms with Crippen LogP contribution in [0.15, 0.2) is 59.7 Å². The smallest absolute Gasteiger partial charge is 0.259 e. The van der Waals surface area contributed by atoms with Gasteiger partial charge in [0, 0.05) is 11.9 Å². The minimum absolute atomic E-state index is 0.0988. The van der Waals surface area contributed by atoms with E-state index in [1.54, 1.807) is 36.4 Å². The molecule has 2 aliphatic heterocycles. The molecule has 2 heterocycles. The lowest BCUT2D eigenvalue weighted by Crippen LogP contribution is -2.39. The Labute approximate surface area is 154 Å². The molecule has 2 atom stereocenters. The Hall–Kier alpha value is -2.99. The highest BCUT2D eigenvalue weighted by atomic mass is 35.5. The van der Waals surface area contributed by atoms with Crippen LogP contribution < -0.4 is 9.91 Å². The number of fused-ring (bicyclic) bond motifs is 1. The SMILES string of the molecule is CC(=O)C1=NN(c2ccccc2)[C@H]2C(=O)N(c3cccc(Cl)c3)C(=O)[C@@H]12. The van der Waals surface area contributed by atoms with Crippen LogP contribution in [-0.4, -0.2) is 29.4 Å². The zero-order valence-corrected chi connectivity index (χ0v) is 14.6. The molecule has 0 radical (unpaired) electrons. The number of anilines is 2. The fourth-order valence-corrected chi connectivity index (χ4v) is 3.55. The Bertz CT molecular complexity index is 958. The highest BCUT2D eigenvalue weighted by Crippen LogP contribution is 2.38. The predicted molar refractivity (Wildman–Crippen MR) is 98.3 cm³/mol. The molecule has 0 bridgehead atoms. The zero-order chi connectivity index (χ0) is 18.4. The second-order valence-corrected chi connectivity index (χ2v) is 6.57. The van der Waals surface area contributed by atoms with Gasteiger partial charge < -0.3 is 0 Å². The molecule has 26 heavy (non-hydrogen) atoms. The standard InChI is InChI=1S/C19H14ClN3O3/c1-11(24)16-15-17(23(21-16)13-7-3-2-4-8-13)19(26)22(18(15)25)14-9-5-6-12(20)10-14/h2-10,15,17H,1H3/t15-,17+/m0/s1. The lowest BCUT2D eigenvalue weighted by atomic mass is 9.95. The van der Waals surface area contributed by atoms with Crippen LogP contribution in [0.3, 0.4) is 0 Å². The number of halogens is 1. The molecule has 0 N–H and O–H groups in total. The number of amides is 2. The van der Waals surface area contributed by atoms with Crippen LogP contribution >= 0.6 is 11.6 Å². The molecule has 2 amide bonds. The quantitative estimate of drug-likeness (QED) is 0.782. The summed E-state index contributed by atoms with van der Waals surface area (Å²) in [6, 6.07) is 14.7. The van der Waals surface area contributed by atoms with Crippen molar-refractivity contribution in [3.05, 3.63) is 59.6 Å². The Morgan fingerprint density at radius 3 is 2.35 bits per heavy atom. The van der Waals surface area contributed by atoms with Crippen LogP contribution in [0.5, 0.6) is 0 Å². The Balaban J connectivity index is 1.81. The van der Waals surface area contributed by atoms with E-state index in [4.69, 9.17) is 11.6 Å². The number of hydrogen-bond acceptors (Lipinski definition) is 5. The number of hydrogen-bond donors (Lipinski definition) is 0. The second-order valence-electron chi connectivity index (χ2n) is 6.14. The van der Waals surface area contributed by atoms with E-state index in [2.05, 4.69) is 5.10 Å². The first-order valence-electron chi connectivity index (χ1n) is 8.06. The molecule has 130 valence electrons. The summed E-state index contributed by atoms with van der Waals surface area (Å²) >= 11 is 6.01. The highest BCUT2D eigenvalue weighted by Gasteiger charge is 2.58. The van der Waals surface area contributed by atoms with Gasteiger partial charge in [-0.25, -0.2) is 4.90 Å². The largest absolute Gasteiger partial charge is 0.293 e. The number of rotatable bonds is 3. The summed E-state index contributed by atoms with van der Waals surface area (Å²) in [6.45, 7) is 1.35. The second kappa shape index (κ2) is 6.07. The van der Waals surface area contributed by atoms with Gasteiger partial charge in [0.1, 0.15) is 17.7 Å². The summed E-state index contributed by atoms with van der Waals surface area (Å²) in [5, 5.41) is 6.18. The van der Waals surface area contributed by atoms with Crippen molar-refractivity contribution in [2.45, 2.75) is 13.0 Å². The van der Waals surface area contributed by atoms with Gasteiger partial charge in [0.2, 0.25) is 5.91 Å². The third-order valence-electron chi connectivity index (χ3n) is 4.50. The molecule has 6 nitrogen and oxygen atoms in total. The molecule has 0 aliphatic carbocycles. The highest BCUT2D eigenvalue weighted by molar-refractivity contribution is 6.49. The van der Waals surface area contributed by atoms with E-state index < -0.39 is 23.8 Å². The van der Waals surface area contributed by atoms with E-state index in [1.807, 2.05) is 18.2 Å². The van der Waals surface area contributed by atoms with E-state index in [0.717, 1.165) is 4.90 Å². The third kappa shape index (κ3) is 2.42. The Morgan fingerprint density at radius 1 is 1.00 bits per heavy atom. The molecular weight excluding hydrogens is 354 g/mol. The first kappa shape index (κ1) is 16.5. The maximum atomic E-state index is 13.1. The van der Waals surface area contributed by atoms with E-state index in [-0.39, 0.29) is 11.5 Å². The predicted octanol–water partition coefficient (Wildman–Crippen LogP) is 2.66. The monoisotopic (exact) mass is 367 g/mol. The van der Waals surface area contributed by atoms with Crippen molar-refractivity contribution in [1.82, 2.24) is 0 Å². The van der Waals surface area contributed by atoms with Crippen LogP contribution in [0.4, 0.5) is 11.4 Å². The van der Waals surface area contributed by atoms with Gasteiger partial charge >= 0.3 is 0 Å². The topological polar surface area (TPSA) is 70.1 Å². The zero-order valence-electron chi connectivity index (χ0n) is 13.8. The number of ketones is 1. The van der Waals surface area contributed by atoms with Crippen molar-refractivity contribution in [2.24, 2.45) is 11.0 Å². The molecular formula is C19H14ClN3O3. The van der Waals surface area contributed by atoms with Gasteiger partial charge in [0.15, 0.2) is 5.78 Å². The third-order valence-corrected chi connectivity index (χ3v) is 4.73. The van der Waals surface area contributed by atoms with Crippen LogP contribution in [0.25, 0.3) is 0 Å². The molecule has 1 saturated heterocycles. The average Bonchev–Trinajstić information content (AvgIpc) is 3.13. The number of imide groups is 1. The number of Topliss-reactive ketones (excluding diaryl/α,β-unsaturated/α-hetero) is 1. The minimum Gasteiger partial charge on any atom is -0.293 e. The summed E-state index contributed by atoms with van der Waals surface area (Å²) in [7, 11) is 0. The van der Waals surface area contributed by atoms with Crippen LogP contribution in [0, 0.1) is 5.92 Å². The fourth-order valence-electron chi connectivity index (χ4n) is 3.37. The van der Waals surface area contributed by atoms with Crippen molar-refractivity contribution >= 4 is 46.3 Å². The van der Waals surface area contributed by atoms with Crippen molar-refractivity contribution in [1.29, 1.82) is 0 Å². The normalized spacial score (nSPS) is 21.8. The summed E-state index contributed by atoms with van der Waals surface area (Å²) in [5.41, 5.74) is 1.13. The van der Waals surface area contributed by atoms with Crippen molar-refractivity contribution in [3.8, 4) is 0 Å². The summed E-state index contributed by atoms with van der Waals surface area (Å²) in [6.07, 6.45) is 0. The molecule has 1 fully saturated rings. The molecule has 7 heteroatoms. The van der Waals surface area contributed by atoms with Crippen LogP contribution in [-0.2, 0) is 14.4 Å². The number of carbonyl (C=O) groups is 3. The maximum Gasteiger partial charge on any atom is 0.259 e. The van der Waals surface area contributed by atoms with Crippen molar-refractivity contribution in [2.75, 3.05) is 9.91 Å². The van der Waals surface area contributed by atoms with E-state index >= 15 is 0 Å². The van der Waals surface area contributed by atoms with Gasteiger partial charge in [-0.2, -0.15) is 5.10 Å².